The Kier molecular flexibility index (Phi) is 4.69. The quantitative estimate of drug-likeness (QED) is 0.906. The highest BCUT2D eigenvalue weighted by Gasteiger charge is 2.33. The Labute approximate surface area is 117 Å². The lowest BCUT2D eigenvalue weighted by Crippen LogP contribution is -2.60. The van der Waals surface area contributed by atoms with Crippen LogP contribution in [-0.2, 0) is 6.42 Å². The third-order valence-corrected chi connectivity index (χ3v) is 4.28. The zero-order chi connectivity index (χ0) is 13.9. The van der Waals surface area contributed by atoms with Gasteiger partial charge in [-0.05, 0) is 24.0 Å². The van der Waals surface area contributed by atoms with Crippen LogP contribution in [0.1, 0.15) is 39.9 Å². The fraction of sp³-hybridized carbons (Fsp3) is 0.750. The molecule has 1 N–H and O–H groups in total. The normalized spacial score (nSPS) is 25.7. The van der Waals surface area contributed by atoms with Gasteiger partial charge >= 0.3 is 0 Å². The second-order valence-electron chi connectivity index (χ2n) is 6.71. The van der Waals surface area contributed by atoms with Gasteiger partial charge in [0, 0.05) is 38.1 Å². The van der Waals surface area contributed by atoms with E-state index < -0.39 is 0 Å². The van der Waals surface area contributed by atoms with E-state index in [4.69, 9.17) is 4.42 Å². The van der Waals surface area contributed by atoms with E-state index in [0.29, 0.717) is 17.5 Å². The molecule has 3 nitrogen and oxygen atoms in total. The summed E-state index contributed by atoms with van der Waals surface area (Å²) in [4.78, 5) is 2.63. The fourth-order valence-corrected chi connectivity index (χ4v) is 2.82. The van der Waals surface area contributed by atoms with E-state index in [1.807, 2.05) is 6.07 Å². The number of nitrogens with zero attached hydrogens (tertiary/aromatic N) is 1. The summed E-state index contributed by atoms with van der Waals surface area (Å²) in [7, 11) is 0. The van der Waals surface area contributed by atoms with Crippen molar-refractivity contribution in [2.75, 3.05) is 19.6 Å². The zero-order valence-corrected chi connectivity index (χ0v) is 12.8. The highest BCUT2D eigenvalue weighted by atomic mass is 16.3. The van der Waals surface area contributed by atoms with E-state index in [2.05, 4.69) is 44.0 Å². The molecule has 2 unspecified atom stereocenters. The lowest BCUT2D eigenvalue weighted by molar-refractivity contribution is 0.0834. The molecule has 1 saturated heterocycles. The van der Waals surface area contributed by atoms with Crippen molar-refractivity contribution in [1.29, 1.82) is 0 Å². The number of piperazine rings is 1. The molecular formula is C16H28N2O. The van der Waals surface area contributed by atoms with Crippen molar-refractivity contribution in [3.63, 3.8) is 0 Å². The molecule has 108 valence electrons. The van der Waals surface area contributed by atoms with Gasteiger partial charge in [-0.2, -0.15) is 0 Å². The first kappa shape index (κ1) is 14.6. The fourth-order valence-electron chi connectivity index (χ4n) is 2.82. The number of hydrogen-bond donors (Lipinski definition) is 1. The molecule has 2 atom stereocenters. The van der Waals surface area contributed by atoms with E-state index in [0.717, 1.165) is 31.8 Å². The van der Waals surface area contributed by atoms with Crippen molar-refractivity contribution in [1.82, 2.24) is 10.2 Å². The molecule has 1 fully saturated rings. The molecule has 0 radical (unpaired) electrons. The Bertz CT molecular complexity index is 367. The molecule has 19 heavy (non-hydrogen) atoms. The maximum atomic E-state index is 5.45. The summed E-state index contributed by atoms with van der Waals surface area (Å²) in [6.07, 6.45) is 3.99. The van der Waals surface area contributed by atoms with Gasteiger partial charge in [0.2, 0.25) is 0 Å². The third-order valence-electron chi connectivity index (χ3n) is 4.28. The minimum absolute atomic E-state index is 0.321. The van der Waals surface area contributed by atoms with Crippen LogP contribution in [0.5, 0.6) is 0 Å². The summed E-state index contributed by atoms with van der Waals surface area (Å²) in [5.74, 6) is 1.10. The molecule has 0 aromatic carbocycles. The molecule has 1 aromatic heterocycles. The largest absolute Gasteiger partial charge is 0.469 e. The number of rotatable bonds is 4. The summed E-state index contributed by atoms with van der Waals surface area (Å²) in [6, 6.07) is 5.28. The first-order chi connectivity index (χ1) is 9.00. The predicted molar refractivity (Wildman–Crippen MR) is 79.3 cm³/mol. The topological polar surface area (TPSA) is 28.4 Å². The molecule has 0 amide bonds. The van der Waals surface area contributed by atoms with Gasteiger partial charge in [0.05, 0.1) is 6.26 Å². The van der Waals surface area contributed by atoms with Crippen molar-refractivity contribution in [3.8, 4) is 0 Å². The lowest BCUT2D eigenvalue weighted by atomic mass is 9.84. The first-order valence-electron chi connectivity index (χ1n) is 7.50. The van der Waals surface area contributed by atoms with Gasteiger partial charge in [0.15, 0.2) is 0 Å². The van der Waals surface area contributed by atoms with E-state index in [1.54, 1.807) is 6.26 Å². The maximum Gasteiger partial charge on any atom is 0.105 e. The monoisotopic (exact) mass is 264 g/mol. The standard InChI is InChI=1S/C16H28N2O/c1-5-13-11-17-15(16(2,3)4)12-18(13)9-8-14-7-6-10-19-14/h6-7,10,13,15,17H,5,8-9,11-12H2,1-4H3. The van der Waals surface area contributed by atoms with Gasteiger partial charge in [-0.15, -0.1) is 0 Å². The minimum Gasteiger partial charge on any atom is -0.469 e. The van der Waals surface area contributed by atoms with Crippen molar-refractivity contribution in [2.45, 2.75) is 52.6 Å². The van der Waals surface area contributed by atoms with Crippen LogP contribution in [0.15, 0.2) is 22.8 Å². The highest BCUT2D eigenvalue weighted by Crippen LogP contribution is 2.24. The summed E-state index contributed by atoms with van der Waals surface area (Å²) < 4.78 is 5.45. The van der Waals surface area contributed by atoms with Crippen molar-refractivity contribution < 1.29 is 4.42 Å². The molecule has 0 bridgehead atoms. The van der Waals surface area contributed by atoms with Gasteiger partial charge < -0.3 is 9.73 Å². The van der Waals surface area contributed by atoms with Gasteiger partial charge in [-0.25, -0.2) is 0 Å². The Hall–Kier alpha value is -0.800. The summed E-state index contributed by atoms with van der Waals surface area (Å²) in [6.45, 7) is 12.6. The van der Waals surface area contributed by atoms with Crippen molar-refractivity contribution >= 4 is 0 Å². The van der Waals surface area contributed by atoms with Gasteiger partial charge in [0.1, 0.15) is 5.76 Å². The predicted octanol–water partition coefficient (Wildman–Crippen LogP) is 2.92. The Morgan fingerprint density at radius 2 is 2.21 bits per heavy atom. The minimum atomic E-state index is 0.321. The highest BCUT2D eigenvalue weighted by molar-refractivity contribution is 4.99. The van der Waals surface area contributed by atoms with Crippen LogP contribution in [0, 0.1) is 5.41 Å². The van der Waals surface area contributed by atoms with Crippen molar-refractivity contribution in [3.05, 3.63) is 24.2 Å². The van der Waals surface area contributed by atoms with Crippen LogP contribution in [0.3, 0.4) is 0 Å². The molecule has 0 spiro atoms. The Morgan fingerprint density at radius 3 is 2.79 bits per heavy atom. The average Bonchev–Trinajstić information content (AvgIpc) is 2.88. The average molecular weight is 264 g/mol. The van der Waals surface area contributed by atoms with Crippen LogP contribution in [0.25, 0.3) is 0 Å². The SMILES string of the molecule is CCC1CNC(C(C)(C)C)CN1CCc1ccco1. The summed E-state index contributed by atoms with van der Waals surface area (Å²) in [5.41, 5.74) is 0.321. The second kappa shape index (κ2) is 6.10. The summed E-state index contributed by atoms with van der Waals surface area (Å²) in [5, 5.41) is 3.72. The molecular weight excluding hydrogens is 236 g/mol. The molecule has 3 heteroatoms. The number of furan rings is 1. The van der Waals surface area contributed by atoms with E-state index in [-0.39, 0.29) is 0 Å². The molecule has 2 heterocycles. The molecule has 1 aromatic rings. The van der Waals surface area contributed by atoms with Gasteiger partial charge in [-0.1, -0.05) is 27.7 Å². The Morgan fingerprint density at radius 1 is 1.42 bits per heavy atom. The van der Waals surface area contributed by atoms with Gasteiger partial charge in [0.25, 0.3) is 0 Å². The maximum absolute atomic E-state index is 5.45. The number of nitrogens with one attached hydrogen (secondary N) is 1. The van der Waals surface area contributed by atoms with E-state index in [9.17, 15) is 0 Å². The Balaban J connectivity index is 1.94. The summed E-state index contributed by atoms with van der Waals surface area (Å²) >= 11 is 0. The van der Waals surface area contributed by atoms with Crippen LogP contribution in [-0.4, -0.2) is 36.6 Å². The van der Waals surface area contributed by atoms with Crippen LogP contribution >= 0.6 is 0 Å². The third kappa shape index (κ3) is 3.83. The molecule has 2 rings (SSSR count). The van der Waals surface area contributed by atoms with Crippen LogP contribution in [0.4, 0.5) is 0 Å². The first-order valence-corrected chi connectivity index (χ1v) is 7.50. The van der Waals surface area contributed by atoms with Crippen molar-refractivity contribution in [2.24, 2.45) is 5.41 Å². The van der Waals surface area contributed by atoms with Crippen LogP contribution < -0.4 is 5.32 Å². The second-order valence-corrected chi connectivity index (χ2v) is 6.71. The number of hydrogen-bond acceptors (Lipinski definition) is 3. The zero-order valence-electron chi connectivity index (χ0n) is 12.8. The molecule has 0 saturated carbocycles. The lowest BCUT2D eigenvalue weighted by Gasteiger charge is -2.45. The molecule has 1 aliphatic rings. The smallest absolute Gasteiger partial charge is 0.105 e. The molecule has 0 aliphatic carbocycles. The van der Waals surface area contributed by atoms with Crippen LogP contribution in [0.2, 0.25) is 0 Å². The van der Waals surface area contributed by atoms with E-state index in [1.165, 1.54) is 6.42 Å². The van der Waals surface area contributed by atoms with E-state index >= 15 is 0 Å². The van der Waals surface area contributed by atoms with Gasteiger partial charge in [-0.3, -0.25) is 4.90 Å². The molecule has 1 aliphatic heterocycles.